The molecular weight excluding hydrogens is 354 g/mol. The van der Waals surface area contributed by atoms with E-state index in [-0.39, 0.29) is 11.4 Å². The second kappa shape index (κ2) is 7.18. The van der Waals surface area contributed by atoms with Gasteiger partial charge in [0, 0.05) is 18.7 Å². The number of carbonyl (C=O) groups is 3. The molecule has 0 unspecified atom stereocenters. The topological polar surface area (TPSA) is 134 Å². The van der Waals surface area contributed by atoms with Gasteiger partial charge in [-0.1, -0.05) is 23.7 Å². The molecule has 0 radical (unpaired) electrons. The van der Waals surface area contributed by atoms with Crippen molar-refractivity contribution in [3.8, 4) is 11.6 Å². The monoisotopic (exact) mass is 365 g/mol. The predicted molar refractivity (Wildman–Crippen MR) is 84.8 cm³/mol. The van der Waals surface area contributed by atoms with Crippen LogP contribution in [0.2, 0.25) is 5.02 Å². The maximum Gasteiger partial charge on any atom is 0.333 e. The lowest BCUT2D eigenvalue weighted by molar-refractivity contribution is -0.175. The van der Waals surface area contributed by atoms with Gasteiger partial charge in [-0.2, -0.15) is 0 Å². The molecule has 25 heavy (non-hydrogen) atoms. The summed E-state index contributed by atoms with van der Waals surface area (Å²) in [5, 5.41) is 27.7. The third-order valence-corrected chi connectivity index (χ3v) is 3.63. The number of halogens is 1. The van der Waals surface area contributed by atoms with Gasteiger partial charge in [-0.3, -0.25) is 14.4 Å². The minimum atomic E-state index is -2.96. The number of nitrogens with zero attached hydrogens (tertiary/aromatic N) is 1. The second-order valence-electron chi connectivity index (χ2n) is 5.06. The van der Waals surface area contributed by atoms with Crippen LogP contribution in [0.5, 0.6) is 11.6 Å². The average molecular weight is 366 g/mol. The number of ether oxygens (including phenoxy) is 1. The molecule has 2 aromatic rings. The Balaban J connectivity index is 2.21. The molecule has 9 heteroatoms. The van der Waals surface area contributed by atoms with E-state index in [1.807, 2.05) is 0 Å². The molecule has 0 atom stereocenters. The lowest BCUT2D eigenvalue weighted by atomic mass is 9.81. The normalized spacial score (nSPS) is 10.9. The highest BCUT2D eigenvalue weighted by molar-refractivity contribution is 6.30. The molecule has 1 heterocycles. The van der Waals surface area contributed by atoms with Crippen LogP contribution in [0.15, 0.2) is 42.6 Å². The Morgan fingerprint density at radius 2 is 1.52 bits per heavy atom. The fourth-order valence-electron chi connectivity index (χ4n) is 2.03. The van der Waals surface area contributed by atoms with Crippen LogP contribution < -0.4 is 4.74 Å². The van der Waals surface area contributed by atoms with E-state index in [4.69, 9.17) is 31.7 Å². The first-order chi connectivity index (χ1) is 11.8. The van der Waals surface area contributed by atoms with Crippen molar-refractivity contribution in [2.45, 2.75) is 6.42 Å². The van der Waals surface area contributed by atoms with E-state index < -0.39 is 29.7 Å². The zero-order valence-corrected chi connectivity index (χ0v) is 13.3. The van der Waals surface area contributed by atoms with Gasteiger partial charge in [0.05, 0.1) is 5.02 Å². The molecule has 0 spiro atoms. The van der Waals surface area contributed by atoms with Crippen molar-refractivity contribution >= 4 is 29.5 Å². The second-order valence-corrected chi connectivity index (χ2v) is 5.49. The smallest absolute Gasteiger partial charge is 0.333 e. The summed E-state index contributed by atoms with van der Waals surface area (Å²) < 4.78 is 5.44. The van der Waals surface area contributed by atoms with Gasteiger partial charge in [-0.15, -0.1) is 0 Å². The van der Waals surface area contributed by atoms with Crippen molar-refractivity contribution < 1.29 is 34.4 Å². The van der Waals surface area contributed by atoms with Gasteiger partial charge in [0.15, 0.2) is 0 Å². The van der Waals surface area contributed by atoms with E-state index in [0.717, 1.165) is 0 Å². The number of hydrogen-bond acceptors (Lipinski definition) is 5. The van der Waals surface area contributed by atoms with Crippen molar-refractivity contribution in [3.05, 3.63) is 53.2 Å². The van der Waals surface area contributed by atoms with Crippen LogP contribution in [-0.4, -0.2) is 38.2 Å². The summed E-state index contributed by atoms with van der Waals surface area (Å²) in [5.74, 6) is -5.21. The molecule has 1 aromatic heterocycles. The van der Waals surface area contributed by atoms with Crippen LogP contribution in [0, 0.1) is 5.41 Å². The van der Waals surface area contributed by atoms with E-state index in [0.29, 0.717) is 10.8 Å². The fraction of sp³-hybridized carbons (Fsp3) is 0.125. The summed E-state index contributed by atoms with van der Waals surface area (Å²) >= 11 is 5.71. The Hall–Kier alpha value is -3.13. The zero-order valence-electron chi connectivity index (χ0n) is 12.5. The van der Waals surface area contributed by atoms with Crippen LogP contribution in [0.3, 0.4) is 0 Å². The SMILES string of the molecule is O=C(O)C(Cc1ccc(Oc2ccc(Cl)cn2)cc1)(C(=O)O)C(=O)O. The van der Waals surface area contributed by atoms with Crippen molar-refractivity contribution in [2.24, 2.45) is 5.41 Å². The average Bonchev–Trinajstić information content (AvgIpc) is 2.55. The van der Waals surface area contributed by atoms with Crippen molar-refractivity contribution in [3.63, 3.8) is 0 Å². The van der Waals surface area contributed by atoms with E-state index in [1.165, 1.54) is 30.5 Å². The molecular formula is C16H12ClNO7. The summed E-state index contributed by atoms with van der Waals surface area (Å²) in [5.41, 5.74) is -2.75. The van der Waals surface area contributed by atoms with Crippen molar-refractivity contribution in [2.75, 3.05) is 0 Å². The molecule has 1 aromatic carbocycles. The molecule has 0 aliphatic heterocycles. The van der Waals surface area contributed by atoms with Gasteiger partial charge < -0.3 is 20.1 Å². The molecule has 0 aliphatic carbocycles. The summed E-state index contributed by atoms with van der Waals surface area (Å²) in [7, 11) is 0. The summed E-state index contributed by atoms with van der Waals surface area (Å²) in [6.45, 7) is 0. The van der Waals surface area contributed by atoms with Crippen LogP contribution in [0.1, 0.15) is 5.56 Å². The van der Waals surface area contributed by atoms with Gasteiger partial charge in [-0.25, -0.2) is 4.98 Å². The number of carboxylic acids is 3. The number of aliphatic carboxylic acids is 3. The first kappa shape index (κ1) is 18.2. The molecule has 0 aliphatic rings. The van der Waals surface area contributed by atoms with E-state index >= 15 is 0 Å². The Bertz CT molecular complexity index is 766. The Kier molecular flexibility index (Phi) is 5.23. The minimum absolute atomic E-state index is 0.212. The predicted octanol–water partition coefficient (Wildman–Crippen LogP) is 2.31. The third-order valence-electron chi connectivity index (χ3n) is 3.41. The lowest BCUT2D eigenvalue weighted by Gasteiger charge is -2.20. The van der Waals surface area contributed by atoms with Gasteiger partial charge in [0.1, 0.15) is 5.75 Å². The number of benzene rings is 1. The summed E-state index contributed by atoms with van der Waals surface area (Å²) in [4.78, 5) is 37.7. The molecule has 0 saturated heterocycles. The molecule has 2 rings (SSSR count). The number of pyridine rings is 1. The molecule has 3 N–H and O–H groups in total. The van der Waals surface area contributed by atoms with Crippen molar-refractivity contribution in [1.82, 2.24) is 4.98 Å². The molecule has 0 amide bonds. The highest BCUT2D eigenvalue weighted by Crippen LogP contribution is 2.27. The molecule has 0 fully saturated rings. The fourth-order valence-corrected chi connectivity index (χ4v) is 2.14. The van der Waals surface area contributed by atoms with Crippen LogP contribution in [-0.2, 0) is 20.8 Å². The standard InChI is InChI=1S/C16H12ClNO7/c17-10-3-6-12(18-8-10)25-11-4-1-9(2-5-11)7-16(13(19)20,14(21)22)15(23)24/h1-6,8H,7H2,(H,19,20)(H,21,22)(H,23,24). The molecule has 8 nitrogen and oxygen atoms in total. The van der Waals surface area contributed by atoms with Crippen LogP contribution in [0.4, 0.5) is 0 Å². The van der Waals surface area contributed by atoms with Crippen LogP contribution >= 0.6 is 11.6 Å². The van der Waals surface area contributed by atoms with E-state index in [2.05, 4.69) is 4.98 Å². The number of aromatic nitrogens is 1. The number of hydrogen-bond donors (Lipinski definition) is 3. The highest BCUT2D eigenvalue weighted by atomic mass is 35.5. The van der Waals surface area contributed by atoms with Gasteiger partial charge in [0.25, 0.3) is 5.41 Å². The van der Waals surface area contributed by atoms with Crippen molar-refractivity contribution in [1.29, 1.82) is 0 Å². The number of rotatable bonds is 7. The Labute approximate surface area is 146 Å². The minimum Gasteiger partial charge on any atom is -0.480 e. The summed E-state index contributed by atoms with van der Waals surface area (Å²) in [6, 6.07) is 8.78. The number of carboxylic acid groups (broad SMARTS) is 3. The maximum absolute atomic E-state index is 11.2. The highest BCUT2D eigenvalue weighted by Gasteiger charge is 2.54. The largest absolute Gasteiger partial charge is 0.480 e. The van der Waals surface area contributed by atoms with Gasteiger partial charge in [0.2, 0.25) is 5.88 Å². The maximum atomic E-state index is 11.2. The molecule has 0 bridgehead atoms. The van der Waals surface area contributed by atoms with Gasteiger partial charge >= 0.3 is 17.9 Å². The Morgan fingerprint density at radius 3 is 1.96 bits per heavy atom. The molecule has 130 valence electrons. The lowest BCUT2D eigenvalue weighted by Crippen LogP contribution is -2.48. The molecule has 0 saturated carbocycles. The van der Waals surface area contributed by atoms with Crippen LogP contribution in [0.25, 0.3) is 0 Å². The van der Waals surface area contributed by atoms with E-state index in [9.17, 15) is 14.4 Å². The first-order valence-corrected chi connectivity index (χ1v) is 7.22. The zero-order chi connectivity index (χ0) is 18.6. The van der Waals surface area contributed by atoms with E-state index in [1.54, 1.807) is 12.1 Å². The first-order valence-electron chi connectivity index (χ1n) is 6.84. The Morgan fingerprint density at radius 1 is 0.960 bits per heavy atom. The summed E-state index contributed by atoms with van der Waals surface area (Å²) in [6.07, 6.45) is 0.679. The quantitative estimate of drug-likeness (QED) is 0.636. The van der Waals surface area contributed by atoms with Gasteiger partial charge in [-0.05, 0) is 23.8 Å². The third kappa shape index (κ3) is 3.86.